The highest BCUT2D eigenvalue weighted by Gasteiger charge is 2.29. The monoisotopic (exact) mass is 291 g/mol. The van der Waals surface area contributed by atoms with Gasteiger partial charge in [0.25, 0.3) is 0 Å². The summed E-state index contributed by atoms with van der Waals surface area (Å²) >= 11 is 0. The van der Waals surface area contributed by atoms with Gasteiger partial charge in [0.2, 0.25) is 0 Å². The van der Waals surface area contributed by atoms with Crippen LogP contribution in [0.1, 0.15) is 62.2 Å². The maximum absolute atomic E-state index is 6.12. The van der Waals surface area contributed by atoms with Crippen molar-refractivity contribution >= 4 is 5.82 Å². The Balaban J connectivity index is 1.89. The Kier molecular flexibility index (Phi) is 4.70. The van der Waals surface area contributed by atoms with Crippen LogP contribution in [0.5, 0.6) is 0 Å². The molecule has 0 radical (unpaired) electrons. The summed E-state index contributed by atoms with van der Waals surface area (Å²) in [5.41, 5.74) is 8.13. The second-order valence-corrected chi connectivity index (χ2v) is 5.97. The minimum absolute atomic E-state index is 0.00857. The minimum Gasteiger partial charge on any atom is -0.383 e. The summed E-state index contributed by atoms with van der Waals surface area (Å²) in [6.45, 7) is 3.96. The first-order valence-corrected chi connectivity index (χ1v) is 8.14. The molecule has 1 saturated carbocycles. The van der Waals surface area contributed by atoms with Crippen molar-refractivity contribution in [2.24, 2.45) is 5.92 Å². The van der Waals surface area contributed by atoms with Gasteiger partial charge in [-0.15, -0.1) is 0 Å². The number of nitrogens with zero attached hydrogens (tertiary/aromatic N) is 2. The van der Waals surface area contributed by atoms with E-state index >= 15 is 0 Å². The maximum atomic E-state index is 6.12. The smallest absolute Gasteiger partial charge is 0.160 e. The molecule has 1 aromatic heterocycles. The van der Waals surface area contributed by atoms with Gasteiger partial charge in [-0.25, -0.2) is 9.97 Å². The number of fused-ring (bicyclic) bond motifs is 1. The lowest BCUT2D eigenvalue weighted by atomic mass is 9.84. The van der Waals surface area contributed by atoms with Crippen LogP contribution in [-0.2, 0) is 22.5 Å². The molecule has 1 aliphatic carbocycles. The fourth-order valence-corrected chi connectivity index (χ4v) is 3.44. The minimum atomic E-state index is -0.00857. The fourth-order valence-electron chi connectivity index (χ4n) is 3.44. The predicted molar refractivity (Wildman–Crippen MR) is 80.7 cm³/mol. The van der Waals surface area contributed by atoms with Crippen molar-refractivity contribution in [1.29, 1.82) is 0 Å². The average Bonchev–Trinajstić information content (AvgIpc) is 2.53. The molecule has 0 aromatic carbocycles. The SMILES string of the molecule is CCOC(c1nc(N)c2c(n1)CCOC2)C1CCCCC1. The molecule has 2 N–H and O–H groups in total. The third kappa shape index (κ3) is 3.19. The molecule has 1 aliphatic heterocycles. The lowest BCUT2D eigenvalue weighted by Gasteiger charge is -2.30. The molecule has 21 heavy (non-hydrogen) atoms. The second-order valence-electron chi connectivity index (χ2n) is 5.97. The number of ether oxygens (including phenoxy) is 2. The standard InChI is InChI=1S/C16H25N3O2/c1-2-21-14(11-6-4-3-5-7-11)16-18-13-8-9-20-10-12(13)15(17)19-16/h11,14H,2-10H2,1H3,(H2,17,18,19). The lowest BCUT2D eigenvalue weighted by Crippen LogP contribution is -2.24. The van der Waals surface area contributed by atoms with Crippen molar-refractivity contribution in [3.8, 4) is 0 Å². The van der Waals surface area contributed by atoms with Crippen LogP contribution in [0, 0.1) is 5.92 Å². The Morgan fingerprint density at radius 2 is 2.10 bits per heavy atom. The van der Waals surface area contributed by atoms with E-state index < -0.39 is 0 Å². The Morgan fingerprint density at radius 1 is 1.29 bits per heavy atom. The summed E-state index contributed by atoms with van der Waals surface area (Å²) in [6.07, 6.45) is 7.11. The Labute approximate surface area is 126 Å². The Morgan fingerprint density at radius 3 is 2.86 bits per heavy atom. The molecule has 1 unspecified atom stereocenters. The summed E-state index contributed by atoms with van der Waals surface area (Å²) in [6, 6.07) is 0. The summed E-state index contributed by atoms with van der Waals surface area (Å²) < 4.78 is 11.5. The van der Waals surface area contributed by atoms with Gasteiger partial charge in [0.1, 0.15) is 11.9 Å². The predicted octanol–water partition coefficient (Wildman–Crippen LogP) is 2.79. The first-order chi connectivity index (χ1) is 10.3. The van der Waals surface area contributed by atoms with Crippen LogP contribution in [-0.4, -0.2) is 23.2 Å². The summed E-state index contributed by atoms with van der Waals surface area (Å²) in [7, 11) is 0. The van der Waals surface area contributed by atoms with E-state index in [0.29, 0.717) is 31.6 Å². The molecule has 1 atom stereocenters. The van der Waals surface area contributed by atoms with E-state index in [-0.39, 0.29) is 6.10 Å². The van der Waals surface area contributed by atoms with E-state index in [4.69, 9.17) is 20.2 Å². The Bertz CT molecular complexity index is 487. The van der Waals surface area contributed by atoms with Gasteiger partial charge in [0.15, 0.2) is 5.82 Å². The molecule has 0 saturated heterocycles. The number of nitrogens with two attached hydrogens (primary N) is 1. The van der Waals surface area contributed by atoms with Crippen molar-refractivity contribution in [2.75, 3.05) is 18.9 Å². The van der Waals surface area contributed by atoms with Crippen LogP contribution in [0.3, 0.4) is 0 Å². The average molecular weight is 291 g/mol. The van der Waals surface area contributed by atoms with Crippen LogP contribution >= 0.6 is 0 Å². The van der Waals surface area contributed by atoms with Gasteiger partial charge < -0.3 is 15.2 Å². The van der Waals surface area contributed by atoms with Crippen molar-refractivity contribution < 1.29 is 9.47 Å². The summed E-state index contributed by atoms with van der Waals surface area (Å²) in [5.74, 6) is 1.87. The van der Waals surface area contributed by atoms with Crippen molar-refractivity contribution in [3.63, 3.8) is 0 Å². The zero-order valence-electron chi connectivity index (χ0n) is 12.8. The molecular weight excluding hydrogens is 266 g/mol. The maximum Gasteiger partial charge on any atom is 0.160 e. The largest absolute Gasteiger partial charge is 0.383 e. The van der Waals surface area contributed by atoms with E-state index in [1.54, 1.807) is 0 Å². The molecule has 5 nitrogen and oxygen atoms in total. The quantitative estimate of drug-likeness (QED) is 0.923. The van der Waals surface area contributed by atoms with Crippen molar-refractivity contribution in [2.45, 2.75) is 58.2 Å². The van der Waals surface area contributed by atoms with Crippen LogP contribution in [0.25, 0.3) is 0 Å². The van der Waals surface area contributed by atoms with Gasteiger partial charge in [-0.1, -0.05) is 19.3 Å². The number of rotatable bonds is 4. The van der Waals surface area contributed by atoms with Crippen LogP contribution < -0.4 is 5.73 Å². The molecule has 3 rings (SSSR count). The van der Waals surface area contributed by atoms with Crippen LogP contribution in [0.15, 0.2) is 0 Å². The van der Waals surface area contributed by atoms with Gasteiger partial charge in [-0.05, 0) is 25.7 Å². The van der Waals surface area contributed by atoms with Gasteiger partial charge in [-0.3, -0.25) is 0 Å². The number of aromatic nitrogens is 2. The molecule has 0 bridgehead atoms. The zero-order valence-corrected chi connectivity index (χ0v) is 12.8. The molecule has 5 heteroatoms. The topological polar surface area (TPSA) is 70.3 Å². The molecule has 116 valence electrons. The van der Waals surface area contributed by atoms with E-state index in [0.717, 1.165) is 23.5 Å². The molecule has 0 spiro atoms. The summed E-state index contributed by atoms with van der Waals surface area (Å²) in [5, 5.41) is 0. The van der Waals surface area contributed by atoms with Crippen LogP contribution in [0.4, 0.5) is 5.82 Å². The molecular formula is C16H25N3O2. The van der Waals surface area contributed by atoms with Gasteiger partial charge in [0.05, 0.1) is 18.9 Å². The summed E-state index contributed by atoms with van der Waals surface area (Å²) in [4.78, 5) is 9.31. The van der Waals surface area contributed by atoms with Gasteiger partial charge in [0, 0.05) is 18.6 Å². The Hall–Kier alpha value is -1.20. The van der Waals surface area contributed by atoms with Crippen LogP contribution in [0.2, 0.25) is 0 Å². The zero-order chi connectivity index (χ0) is 14.7. The number of anilines is 1. The molecule has 2 heterocycles. The third-order valence-corrected chi connectivity index (χ3v) is 4.55. The highest BCUT2D eigenvalue weighted by molar-refractivity contribution is 5.43. The van der Waals surface area contributed by atoms with Crippen molar-refractivity contribution in [3.05, 3.63) is 17.1 Å². The highest BCUT2D eigenvalue weighted by atomic mass is 16.5. The normalized spacial score (nSPS) is 21.0. The number of hydrogen-bond donors (Lipinski definition) is 1. The second kappa shape index (κ2) is 6.71. The molecule has 1 aromatic rings. The first-order valence-electron chi connectivity index (χ1n) is 8.14. The van der Waals surface area contributed by atoms with E-state index in [2.05, 4.69) is 4.98 Å². The number of nitrogen functional groups attached to an aromatic ring is 1. The lowest BCUT2D eigenvalue weighted by molar-refractivity contribution is -0.000557. The van der Waals surface area contributed by atoms with Gasteiger partial charge >= 0.3 is 0 Å². The fraction of sp³-hybridized carbons (Fsp3) is 0.750. The van der Waals surface area contributed by atoms with Gasteiger partial charge in [-0.2, -0.15) is 0 Å². The first kappa shape index (κ1) is 14.7. The van der Waals surface area contributed by atoms with E-state index in [9.17, 15) is 0 Å². The molecule has 0 amide bonds. The van der Waals surface area contributed by atoms with E-state index in [1.807, 2.05) is 6.92 Å². The molecule has 1 fully saturated rings. The highest BCUT2D eigenvalue weighted by Crippen LogP contribution is 2.36. The third-order valence-electron chi connectivity index (χ3n) is 4.55. The van der Waals surface area contributed by atoms with Crippen molar-refractivity contribution in [1.82, 2.24) is 9.97 Å². The molecule has 2 aliphatic rings. The number of hydrogen-bond acceptors (Lipinski definition) is 5. The van der Waals surface area contributed by atoms with E-state index in [1.165, 1.54) is 32.1 Å².